The Morgan fingerprint density at radius 1 is 0.969 bits per heavy atom. The van der Waals surface area contributed by atoms with E-state index in [2.05, 4.69) is 31.2 Å². The highest BCUT2D eigenvalue weighted by Gasteiger charge is 2.30. The molecule has 9 nitrogen and oxygen atoms in total. The molecule has 0 aromatic carbocycles. The lowest BCUT2D eigenvalue weighted by Gasteiger charge is -2.33. The third-order valence-corrected chi connectivity index (χ3v) is 6.81. The molecule has 170 valence electrons. The zero-order valence-electron chi connectivity index (χ0n) is 18.4. The van der Waals surface area contributed by atoms with E-state index in [-0.39, 0.29) is 5.91 Å². The largest absolute Gasteiger partial charge is 0.381 e. The van der Waals surface area contributed by atoms with Gasteiger partial charge in [-0.25, -0.2) is 15.0 Å². The van der Waals surface area contributed by atoms with E-state index in [1.807, 2.05) is 11.1 Å². The Morgan fingerprint density at radius 3 is 2.56 bits per heavy atom. The predicted molar refractivity (Wildman–Crippen MR) is 120 cm³/mol. The summed E-state index contributed by atoms with van der Waals surface area (Å²) in [6.45, 7) is 5.04. The van der Waals surface area contributed by atoms with Gasteiger partial charge in [0.2, 0.25) is 5.95 Å². The summed E-state index contributed by atoms with van der Waals surface area (Å²) >= 11 is 0. The average Bonchev–Trinajstić information content (AvgIpc) is 3.34. The quantitative estimate of drug-likeness (QED) is 0.754. The first kappa shape index (κ1) is 21.2. The van der Waals surface area contributed by atoms with Crippen LogP contribution in [0.1, 0.15) is 54.2 Å². The van der Waals surface area contributed by atoms with Gasteiger partial charge in [0.15, 0.2) is 0 Å². The van der Waals surface area contributed by atoms with Crippen molar-refractivity contribution in [2.75, 3.05) is 44.3 Å². The van der Waals surface area contributed by atoms with Crippen LogP contribution in [-0.2, 0) is 4.74 Å². The Kier molecular flexibility index (Phi) is 6.54. The number of anilines is 1. The number of carbonyl (C=O) groups is 1. The molecule has 0 radical (unpaired) electrons. The lowest BCUT2D eigenvalue weighted by atomic mass is 9.96. The van der Waals surface area contributed by atoms with Gasteiger partial charge in [0.1, 0.15) is 5.69 Å². The van der Waals surface area contributed by atoms with Crippen LogP contribution in [-0.4, -0.2) is 82.2 Å². The van der Waals surface area contributed by atoms with Gasteiger partial charge in [-0.3, -0.25) is 9.78 Å². The fourth-order valence-electron chi connectivity index (χ4n) is 4.97. The van der Waals surface area contributed by atoms with Gasteiger partial charge in [-0.2, -0.15) is 0 Å². The lowest BCUT2D eigenvalue weighted by molar-refractivity contribution is 0.0696. The highest BCUT2D eigenvalue weighted by atomic mass is 16.5. The number of ether oxygens (including phenoxy) is 1. The fraction of sp³-hybridized carbons (Fsp3) is 0.609. The van der Waals surface area contributed by atoms with E-state index in [0.29, 0.717) is 23.7 Å². The monoisotopic (exact) mass is 437 g/mol. The first-order valence-electron chi connectivity index (χ1n) is 11.7. The second kappa shape index (κ2) is 9.87. The van der Waals surface area contributed by atoms with Crippen LogP contribution in [0, 0.1) is 0 Å². The molecule has 5 rings (SSSR count). The molecule has 0 aliphatic carbocycles. The number of carbonyl (C=O) groups excluding carboxylic acids is 1. The summed E-state index contributed by atoms with van der Waals surface area (Å²) in [7, 11) is 0. The molecule has 9 heteroatoms. The van der Waals surface area contributed by atoms with Gasteiger partial charge >= 0.3 is 0 Å². The first-order chi connectivity index (χ1) is 15.8. The van der Waals surface area contributed by atoms with Gasteiger partial charge in [-0.1, -0.05) is 0 Å². The number of hydrogen-bond donors (Lipinski definition) is 1. The van der Waals surface area contributed by atoms with Crippen LogP contribution in [0.3, 0.4) is 0 Å². The number of nitrogens with one attached hydrogen (secondary N) is 1. The van der Waals surface area contributed by atoms with E-state index in [1.54, 1.807) is 18.6 Å². The molecule has 2 aromatic heterocycles. The number of amides is 1. The number of rotatable bonds is 5. The van der Waals surface area contributed by atoms with Crippen LogP contribution >= 0.6 is 0 Å². The molecule has 1 N–H and O–H groups in total. The maximum absolute atomic E-state index is 12.6. The number of aromatic nitrogens is 4. The number of likely N-dealkylation sites (tertiary alicyclic amines) is 1. The van der Waals surface area contributed by atoms with E-state index in [4.69, 9.17) is 9.72 Å². The fourth-order valence-corrected chi connectivity index (χ4v) is 4.97. The van der Waals surface area contributed by atoms with E-state index in [1.165, 1.54) is 0 Å². The van der Waals surface area contributed by atoms with Crippen molar-refractivity contribution in [1.29, 1.82) is 0 Å². The summed E-state index contributed by atoms with van der Waals surface area (Å²) < 4.78 is 5.49. The van der Waals surface area contributed by atoms with Crippen LogP contribution in [0.5, 0.6) is 0 Å². The van der Waals surface area contributed by atoms with Gasteiger partial charge in [-0.05, 0) is 38.2 Å². The van der Waals surface area contributed by atoms with Crippen molar-refractivity contribution in [3.05, 3.63) is 42.2 Å². The molecular formula is C23H31N7O2. The van der Waals surface area contributed by atoms with E-state index in [0.717, 1.165) is 83.1 Å². The lowest BCUT2D eigenvalue weighted by Crippen LogP contribution is -2.48. The highest BCUT2D eigenvalue weighted by molar-refractivity contribution is 5.92. The van der Waals surface area contributed by atoms with Crippen LogP contribution in [0.25, 0.3) is 0 Å². The molecule has 1 unspecified atom stereocenters. The zero-order valence-corrected chi connectivity index (χ0v) is 18.4. The molecule has 3 saturated heterocycles. The number of piperidine rings is 1. The second-order valence-corrected chi connectivity index (χ2v) is 8.92. The maximum Gasteiger partial charge on any atom is 0.274 e. The molecule has 5 heterocycles. The summed E-state index contributed by atoms with van der Waals surface area (Å²) in [6, 6.07) is 2.92. The Morgan fingerprint density at radius 2 is 1.78 bits per heavy atom. The summed E-state index contributed by atoms with van der Waals surface area (Å²) in [5, 5.41) is 3.82. The molecule has 0 bridgehead atoms. The Hall–Kier alpha value is -2.65. The minimum absolute atomic E-state index is 0.0230. The minimum atomic E-state index is -0.0230. The molecule has 1 atom stereocenters. The molecule has 0 saturated carbocycles. The molecule has 0 spiro atoms. The molecular weight excluding hydrogens is 406 g/mol. The summed E-state index contributed by atoms with van der Waals surface area (Å²) in [5.41, 5.74) is 1.57. The standard InChI is InChI=1S/C23H31N7O2/c31-22(21-15-24-8-9-25-21)29-10-2-18(3-11-29)27-19-4-12-30(16-19)23-26-7-1-20(28-23)17-5-13-32-14-6-17/h1,7-9,15,17-19,27H,2-6,10-14,16H2. The second-order valence-electron chi connectivity index (χ2n) is 8.92. The maximum atomic E-state index is 12.6. The van der Waals surface area contributed by atoms with E-state index < -0.39 is 0 Å². The van der Waals surface area contributed by atoms with Gasteiger partial charge in [0, 0.05) is 81.7 Å². The molecule has 3 aliphatic rings. The van der Waals surface area contributed by atoms with Crippen molar-refractivity contribution in [2.24, 2.45) is 0 Å². The molecule has 32 heavy (non-hydrogen) atoms. The van der Waals surface area contributed by atoms with Crippen LogP contribution in [0.15, 0.2) is 30.9 Å². The Bertz CT molecular complexity index is 898. The summed E-state index contributed by atoms with van der Waals surface area (Å²) in [4.78, 5) is 34.3. The van der Waals surface area contributed by atoms with Crippen molar-refractivity contribution in [3.63, 3.8) is 0 Å². The SMILES string of the molecule is O=C(c1cnccn1)N1CCC(NC2CCN(c3nccc(C4CCOCC4)n3)C2)CC1. The number of hydrogen-bond acceptors (Lipinski definition) is 8. The summed E-state index contributed by atoms with van der Waals surface area (Å²) in [5.74, 6) is 1.31. The minimum Gasteiger partial charge on any atom is -0.381 e. The number of nitrogens with zero attached hydrogens (tertiary/aromatic N) is 6. The Balaban J connectivity index is 1.11. The zero-order chi connectivity index (χ0) is 21.8. The van der Waals surface area contributed by atoms with Crippen LogP contribution in [0.4, 0.5) is 5.95 Å². The molecule has 2 aromatic rings. The van der Waals surface area contributed by atoms with Crippen molar-refractivity contribution in [3.8, 4) is 0 Å². The van der Waals surface area contributed by atoms with Crippen molar-refractivity contribution in [1.82, 2.24) is 30.2 Å². The third-order valence-electron chi connectivity index (χ3n) is 6.81. The topological polar surface area (TPSA) is 96.4 Å². The average molecular weight is 438 g/mol. The predicted octanol–water partition coefficient (Wildman–Crippen LogP) is 1.63. The van der Waals surface area contributed by atoms with Gasteiger partial charge < -0.3 is 19.9 Å². The molecule has 1 amide bonds. The van der Waals surface area contributed by atoms with Gasteiger partial charge in [0.25, 0.3) is 5.91 Å². The van der Waals surface area contributed by atoms with Gasteiger partial charge in [0.05, 0.1) is 6.20 Å². The van der Waals surface area contributed by atoms with Crippen molar-refractivity contribution < 1.29 is 9.53 Å². The normalized spacial score (nSPS) is 22.9. The Labute approximate surface area is 188 Å². The van der Waals surface area contributed by atoms with E-state index >= 15 is 0 Å². The van der Waals surface area contributed by atoms with Crippen molar-refractivity contribution in [2.45, 2.75) is 50.1 Å². The molecule has 3 fully saturated rings. The summed E-state index contributed by atoms with van der Waals surface area (Å²) in [6.07, 6.45) is 11.7. The highest BCUT2D eigenvalue weighted by Crippen LogP contribution is 2.27. The van der Waals surface area contributed by atoms with E-state index in [9.17, 15) is 4.79 Å². The van der Waals surface area contributed by atoms with Crippen LogP contribution in [0.2, 0.25) is 0 Å². The first-order valence-corrected chi connectivity index (χ1v) is 11.7. The van der Waals surface area contributed by atoms with Crippen molar-refractivity contribution >= 4 is 11.9 Å². The van der Waals surface area contributed by atoms with Crippen LogP contribution < -0.4 is 10.2 Å². The smallest absolute Gasteiger partial charge is 0.274 e. The third kappa shape index (κ3) is 4.88. The molecule has 3 aliphatic heterocycles. The van der Waals surface area contributed by atoms with Gasteiger partial charge in [-0.15, -0.1) is 0 Å².